The molecule has 2 aromatic rings. The molecule has 1 amide bonds. The Balaban J connectivity index is 2.15. The fourth-order valence-electron chi connectivity index (χ4n) is 1.55. The number of carbonyl (C=O) groups is 1. The standard InChI is InChI=1S/C14H15NOS2/c1-15(2)14(16)12-7-3-4-8-13(12)18-10-11-6-5-9-17-11/h3-9H,10H2,1-2H3. The molecule has 0 unspecified atom stereocenters. The Labute approximate surface area is 116 Å². The molecule has 2 rings (SSSR count). The Bertz CT molecular complexity index is 520. The smallest absolute Gasteiger partial charge is 0.254 e. The van der Waals surface area contributed by atoms with Gasteiger partial charge in [-0.2, -0.15) is 0 Å². The Morgan fingerprint density at radius 1 is 1.22 bits per heavy atom. The van der Waals surface area contributed by atoms with Gasteiger partial charge in [0.2, 0.25) is 0 Å². The third-order valence-electron chi connectivity index (χ3n) is 2.47. The van der Waals surface area contributed by atoms with Crippen LogP contribution < -0.4 is 0 Å². The normalized spacial score (nSPS) is 10.3. The Morgan fingerprint density at radius 3 is 2.67 bits per heavy atom. The minimum atomic E-state index is 0.0595. The number of hydrogen-bond donors (Lipinski definition) is 0. The monoisotopic (exact) mass is 277 g/mol. The quantitative estimate of drug-likeness (QED) is 0.793. The van der Waals surface area contributed by atoms with Crippen molar-refractivity contribution >= 4 is 29.0 Å². The summed E-state index contributed by atoms with van der Waals surface area (Å²) < 4.78 is 0. The summed E-state index contributed by atoms with van der Waals surface area (Å²) in [6, 6.07) is 12.0. The first-order valence-corrected chi connectivity index (χ1v) is 7.51. The van der Waals surface area contributed by atoms with Crippen molar-refractivity contribution < 1.29 is 4.79 Å². The topological polar surface area (TPSA) is 20.3 Å². The maximum absolute atomic E-state index is 12.0. The van der Waals surface area contributed by atoms with Crippen LogP contribution in [0.1, 0.15) is 15.2 Å². The van der Waals surface area contributed by atoms with Crippen molar-refractivity contribution in [1.29, 1.82) is 0 Å². The molecule has 0 aliphatic rings. The summed E-state index contributed by atoms with van der Waals surface area (Å²) in [7, 11) is 3.56. The third kappa shape index (κ3) is 3.15. The molecule has 0 N–H and O–H groups in total. The maximum atomic E-state index is 12.0. The van der Waals surface area contributed by atoms with Crippen LogP contribution >= 0.6 is 23.1 Å². The zero-order valence-electron chi connectivity index (χ0n) is 10.4. The minimum Gasteiger partial charge on any atom is -0.345 e. The van der Waals surface area contributed by atoms with E-state index in [2.05, 4.69) is 17.5 Å². The van der Waals surface area contributed by atoms with Gasteiger partial charge in [0.05, 0.1) is 5.56 Å². The maximum Gasteiger partial charge on any atom is 0.254 e. The molecule has 0 radical (unpaired) electrons. The summed E-state index contributed by atoms with van der Waals surface area (Å²) in [6.45, 7) is 0. The second kappa shape index (κ2) is 6.07. The van der Waals surface area contributed by atoms with Gasteiger partial charge in [-0.1, -0.05) is 18.2 Å². The summed E-state index contributed by atoms with van der Waals surface area (Å²) in [4.78, 5) is 16.0. The molecule has 0 atom stereocenters. The van der Waals surface area contributed by atoms with Crippen LogP contribution in [0.5, 0.6) is 0 Å². The second-order valence-electron chi connectivity index (χ2n) is 4.06. The van der Waals surface area contributed by atoms with Gasteiger partial charge >= 0.3 is 0 Å². The summed E-state index contributed by atoms with van der Waals surface area (Å²) in [5.74, 6) is 0.972. The lowest BCUT2D eigenvalue weighted by Gasteiger charge is -2.13. The van der Waals surface area contributed by atoms with Gasteiger partial charge in [0.15, 0.2) is 0 Å². The summed E-state index contributed by atoms with van der Waals surface area (Å²) in [5, 5.41) is 2.08. The van der Waals surface area contributed by atoms with E-state index in [1.54, 1.807) is 42.1 Å². The lowest BCUT2D eigenvalue weighted by molar-refractivity contribution is 0.0824. The summed E-state index contributed by atoms with van der Waals surface area (Å²) in [6.07, 6.45) is 0. The van der Waals surface area contributed by atoms with E-state index in [0.29, 0.717) is 0 Å². The van der Waals surface area contributed by atoms with E-state index in [1.165, 1.54) is 4.88 Å². The van der Waals surface area contributed by atoms with E-state index >= 15 is 0 Å². The fraction of sp³-hybridized carbons (Fsp3) is 0.214. The van der Waals surface area contributed by atoms with Crippen molar-refractivity contribution in [2.45, 2.75) is 10.6 Å². The van der Waals surface area contributed by atoms with Crippen LogP contribution in [0.3, 0.4) is 0 Å². The molecule has 1 aromatic carbocycles. The molecule has 0 bridgehead atoms. The van der Waals surface area contributed by atoms with Crippen molar-refractivity contribution in [3.8, 4) is 0 Å². The van der Waals surface area contributed by atoms with Crippen molar-refractivity contribution in [3.05, 3.63) is 52.2 Å². The van der Waals surface area contributed by atoms with Crippen LogP contribution in [0.15, 0.2) is 46.7 Å². The van der Waals surface area contributed by atoms with Gasteiger partial charge in [0.1, 0.15) is 0 Å². The Morgan fingerprint density at radius 2 is 2.00 bits per heavy atom. The number of thiophene rings is 1. The van der Waals surface area contributed by atoms with Gasteiger partial charge in [-0.25, -0.2) is 0 Å². The molecule has 1 aromatic heterocycles. The number of carbonyl (C=O) groups excluding carboxylic acids is 1. The zero-order valence-corrected chi connectivity index (χ0v) is 12.1. The number of nitrogens with zero attached hydrogens (tertiary/aromatic N) is 1. The molecule has 1 heterocycles. The SMILES string of the molecule is CN(C)C(=O)c1ccccc1SCc1cccs1. The second-order valence-corrected chi connectivity index (χ2v) is 6.11. The summed E-state index contributed by atoms with van der Waals surface area (Å²) >= 11 is 3.46. The molecule has 0 saturated heterocycles. The lowest BCUT2D eigenvalue weighted by atomic mass is 10.2. The van der Waals surface area contributed by atoms with Crippen LogP contribution in [0.25, 0.3) is 0 Å². The van der Waals surface area contributed by atoms with Gasteiger partial charge in [-0.15, -0.1) is 23.1 Å². The van der Waals surface area contributed by atoms with Crippen LogP contribution in [0, 0.1) is 0 Å². The fourth-order valence-corrected chi connectivity index (χ4v) is 3.37. The molecule has 4 heteroatoms. The van der Waals surface area contributed by atoms with Gasteiger partial charge in [-0.3, -0.25) is 4.79 Å². The van der Waals surface area contributed by atoms with Crippen LogP contribution in [0.2, 0.25) is 0 Å². The van der Waals surface area contributed by atoms with Crippen LogP contribution in [0.4, 0.5) is 0 Å². The minimum absolute atomic E-state index is 0.0595. The average molecular weight is 277 g/mol. The van der Waals surface area contributed by atoms with Crippen LogP contribution in [-0.4, -0.2) is 24.9 Å². The predicted molar refractivity (Wildman–Crippen MR) is 78.3 cm³/mol. The van der Waals surface area contributed by atoms with E-state index in [9.17, 15) is 4.79 Å². The van der Waals surface area contributed by atoms with Crippen molar-refractivity contribution in [2.75, 3.05) is 14.1 Å². The average Bonchev–Trinajstić information content (AvgIpc) is 2.89. The molecule has 94 valence electrons. The number of benzene rings is 1. The molecule has 0 aliphatic carbocycles. The first kappa shape index (κ1) is 13.2. The molecule has 0 spiro atoms. The van der Waals surface area contributed by atoms with Gasteiger partial charge in [0, 0.05) is 29.6 Å². The molecular formula is C14H15NOS2. The highest BCUT2D eigenvalue weighted by atomic mass is 32.2. The van der Waals surface area contributed by atoms with E-state index < -0.39 is 0 Å². The first-order chi connectivity index (χ1) is 8.68. The lowest BCUT2D eigenvalue weighted by Crippen LogP contribution is -2.22. The number of thioether (sulfide) groups is 1. The highest BCUT2D eigenvalue weighted by molar-refractivity contribution is 7.98. The Kier molecular flexibility index (Phi) is 4.44. The van der Waals surface area contributed by atoms with Gasteiger partial charge in [0.25, 0.3) is 5.91 Å². The van der Waals surface area contributed by atoms with Crippen molar-refractivity contribution in [3.63, 3.8) is 0 Å². The highest BCUT2D eigenvalue weighted by Gasteiger charge is 2.12. The van der Waals surface area contributed by atoms with Crippen molar-refractivity contribution in [2.24, 2.45) is 0 Å². The molecule has 0 aliphatic heterocycles. The number of amides is 1. The molecule has 0 fully saturated rings. The van der Waals surface area contributed by atoms with Gasteiger partial charge < -0.3 is 4.90 Å². The molecular weight excluding hydrogens is 262 g/mol. The first-order valence-electron chi connectivity index (χ1n) is 5.64. The molecule has 18 heavy (non-hydrogen) atoms. The van der Waals surface area contributed by atoms with Crippen LogP contribution in [-0.2, 0) is 5.75 Å². The summed E-state index contributed by atoms with van der Waals surface area (Å²) in [5.41, 5.74) is 0.782. The molecule has 0 saturated carbocycles. The number of hydrogen-bond acceptors (Lipinski definition) is 3. The largest absolute Gasteiger partial charge is 0.345 e. The molecule has 2 nitrogen and oxygen atoms in total. The van der Waals surface area contributed by atoms with E-state index in [1.807, 2.05) is 24.3 Å². The third-order valence-corrected chi connectivity index (χ3v) is 4.66. The number of rotatable bonds is 4. The zero-order chi connectivity index (χ0) is 13.0. The Hall–Kier alpha value is -1.26. The highest BCUT2D eigenvalue weighted by Crippen LogP contribution is 2.28. The van der Waals surface area contributed by atoms with E-state index in [4.69, 9.17) is 0 Å². The predicted octanol–water partition coefficient (Wildman–Crippen LogP) is 3.74. The van der Waals surface area contributed by atoms with E-state index in [0.717, 1.165) is 16.2 Å². The van der Waals surface area contributed by atoms with Gasteiger partial charge in [-0.05, 0) is 23.6 Å². The van der Waals surface area contributed by atoms with E-state index in [-0.39, 0.29) is 5.91 Å². The van der Waals surface area contributed by atoms with Crippen molar-refractivity contribution in [1.82, 2.24) is 4.90 Å².